The van der Waals surface area contributed by atoms with Gasteiger partial charge in [-0.25, -0.2) is 0 Å². The molecule has 6 heteroatoms. The van der Waals surface area contributed by atoms with E-state index in [9.17, 15) is 14.4 Å². The molecule has 14 heavy (non-hydrogen) atoms. The van der Waals surface area contributed by atoms with Crippen LogP contribution in [0.4, 0.5) is 0 Å². The van der Waals surface area contributed by atoms with E-state index in [-0.39, 0.29) is 30.7 Å². The Morgan fingerprint density at radius 3 is 2.64 bits per heavy atom. The van der Waals surface area contributed by atoms with Gasteiger partial charge in [0.1, 0.15) is 0 Å². The first-order valence-electron chi connectivity index (χ1n) is 4.28. The fourth-order valence-electron chi connectivity index (χ4n) is 1.09. The van der Waals surface area contributed by atoms with Crippen molar-refractivity contribution >= 4 is 17.7 Å². The Hall–Kier alpha value is -1.43. The number of hydrogen-bond donors (Lipinski definition) is 2. The first kappa shape index (κ1) is 10.6. The van der Waals surface area contributed by atoms with E-state index in [2.05, 4.69) is 10.6 Å². The topological polar surface area (TPSA) is 78.5 Å². The van der Waals surface area contributed by atoms with Crippen molar-refractivity contribution in [2.45, 2.75) is 12.5 Å². The maximum Gasteiger partial charge on any atom is 0.244 e. The summed E-state index contributed by atoms with van der Waals surface area (Å²) < 4.78 is 0. The number of imide groups is 1. The van der Waals surface area contributed by atoms with Gasteiger partial charge in [-0.15, -0.1) is 0 Å². The molecule has 0 aromatic rings. The Bertz CT molecular complexity index is 275. The molecule has 3 amide bonds. The third-order valence-corrected chi connectivity index (χ3v) is 1.97. The molecule has 1 rings (SSSR count). The molecule has 0 saturated carbocycles. The average Bonchev–Trinajstić information content (AvgIpc) is 2.40. The van der Waals surface area contributed by atoms with Crippen LogP contribution in [0.1, 0.15) is 6.42 Å². The monoisotopic (exact) mass is 199 g/mol. The van der Waals surface area contributed by atoms with Gasteiger partial charge in [0.05, 0.1) is 19.0 Å². The second-order valence-corrected chi connectivity index (χ2v) is 3.34. The summed E-state index contributed by atoms with van der Waals surface area (Å²) >= 11 is 0. The second-order valence-electron chi connectivity index (χ2n) is 3.34. The third-order valence-electron chi connectivity index (χ3n) is 1.97. The van der Waals surface area contributed by atoms with Gasteiger partial charge in [-0.05, 0) is 0 Å². The van der Waals surface area contributed by atoms with Gasteiger partial charge in [0, 0.05) is 14.1 Å². The lowest BCUT2D eigenvalue weighted by atomic mass is 10.2. The maximum atomic E-state index is 11.1. The molecule has 78 valence electrons. The van der Waals surface area contributed by atoms with Crippen LogP contribution in [0.25, 0.3) is 0 Å². The highest BCUT2D eigenvalue weighted by molar-refractivity contribution is 6.05. The van der Waals surface area contributed by atoms with Gasteiger partial charge in [0.25, 0.3) is 0 Å². The smallest absolute Gasteiger partial charge is 0.244 e. The number of amides is 3. The van der Waals surface area contributed by atoms with Crippen LogP contribution < -0.4 is 10.6 Å². The molecule has 1 saturated heterocycles. The minimum Gasteiger partial charge on any atom is -0.348 e. The number of rotatable bonds is 3. The van der Waals surface area contributed by atoms with E-state index < -0.39 is 6.04 Å². The largest absolute Gasteiger partial charge is 0.348 e. The molecule has 0 aromatic carbocycles. The maximum absolute atomic E-state index is 11.1. The molecule has 1 unspecified atom stereocenters. The van der Waals surface area contributed by atoms with Crippen LogP contribution in [0.3, 0.4) is 0 Å². The quantitative estimate of drug-likeness (QED) is 0.519. The highest BCUT2D eigenvalue weighted by Gasteiger charge is 2.30. The predicted octanol–water partition coefficient (Wildman–Crippen LogP) is -1.92. The van der Waals surface area contributed by atoms with Gasteiger partial charge < -0.3 is 4.90 Å². The molecule has 0 aliphatic carbocycles. The summed E-state index contributed by atoms with van der Waals surface area (Å²) in [5, 5.41) is 4.87. The first-order chi connectivity index (χ1) is 6.50. The van der Waals surface area contributed by atoms with Crippen molar-refractivity contribution in [2.75, 3.05) is 20.6 Å². The number of hydrogen-bond acceptors (Lipinski definition) is 4. The highest BCUT2D eigenvalue weighted by Crippen LogP contribution is 2.00. The number of nitrogens with zero attached hydrogens (tertiary/aromatic N) is 1. The Kier molecular flexibility index (Phi) is 3.19. The van der Waals surface area contributed by atoms with E-state index >= 15 is 0 Å². The molecule has 0 aromatic heterocycles. The zero-order valence-electron chi connectivity index (χ0n) is 8.16. The lowest BCUT2D eigenvalue weighted by Crippen LogP contribution is -2.42. The molecule has 6 nitrogen and oxygen atoms in total. The summed E-state index contributed by atoms with van der Waals surface area (Å²) in [6.45, 7) is 0.0678. The van der Waals surface area contributed by atoms with Crippen molar-refractivity contribution in [1.82, 2.24) is 15.5 Å². The van der Waals surface area contributed by atoms with Crippen molar-refractivity contribution in [3.63, 3.8) is 0 Å². The molecule has 0 radical (unpaired) electrons. The standard InChI is InChI=1S/C8H13N3O3/c1-11(2)7(13)4-9-5-3-6(12)10-8(5)14/h5,9H,3-4H2,1-2H3,(H,10,12,14). The minimum atomic E-state index is -0.564. The van der Waals surface area contributed by atoms with E-state index in [1.807, 2.05) is 0 Å². The van der Waals surface area contributed by atoms with E-state index in [1.54, 1.807) is 14.1 Å². The Morgan fingerprint density at radius 2 is 2.21 bits per heavy atom. The van der Waals surface area contributed by atoms with Crippen LogP contribution in [0.2, 0.25) is 0 Å². The van der Waals surface area contributed by atoms with Crippen LogP contribution in [0.15, 0.2) is 0 Å². The molecule has 1 aliphatic heterocycles. The van der Waals surface area contributed by atoms with Crippen molar-refractivity contribution in [3.05, 3.63) is 0 Å². The van der Waals surface area contributed by atoms with Gasteiger partial charge in [0.15, 0.2) is 0 Å². The van der Waals surface area contributed by atoms with Crippen LogP contribution >= 0.6 is 0 Å². The van der Waals surface area contributed by atoms with Crippen LogP contribution in [0.5, 0.6) is 0 Å². The lowest BCUT2D eigenvalue weighted by Gasteiger charge is -2.12. The van der Waals surface area contributed by atoms with Gasteiger partial charge >= 0.3 is 0 Å². The molecule has 1 atom stereocenters. The lowest BCUT2D eigenvalue weighted by molar-refractivity contribution is -0.128. The fourth-order valence-corrected chi connectivity index (χ4v) is 1.09. The van der Waals surface area contributed by atoms with Crippen LogP contribution in [-0.4, -0.2) is 49.3 Å². The molecular formula is C8H13N3O3. The highest BCUT2D eigenvalue weighted by atomic mass is 16.2. The van der Waals surface area contributed by atoms with Gasteiger partial charge in [0.2, 0.25) is 17.7 Å². The Labute approximate surface area is 81.6 Å². The number of likely N-dealkylation sites (N-methyl/N-ethyl adjacent to an activating group) is 1. The van der Waals surface area contributed by atoms with Crippen LogP contribution in [0, 0.1) is 0 Å². The van der Waals surface area contributed by atoms with E-state index in [0.717, 1.165) is 0 Å². The zero-order chi connectivity index (χ0) is 10.7. The molecule has 1 heterocycles. The van der Waals surface area contributed by atoms with Crippen molar-refractivity contribution in [3.8, 4) is 0 Å². The van der Waals surface area contributed by atoms with Gasteiger partial charge in [-0.1, -0.05) is 0 Å². The predicted molar refractivity (Wildman–Crippen MR) is 48.3 cm³/mol. The first-order valence-corrected chi connectivity index (χ1v) is 4.28. The van der Waals surface area contributed by atoms with E-state index in [4.69, 9.17) is 0 Å². The number of carbonyl (C=O) groups excluding carboxylic acids is 3. The summed E-state index contributed by atoms with van der Waals surface area (Å²) in [6, 6.07) is -0.564. The fraction of sp³-hybridized carbons (Fsp3) is 0.625. The molecule has 1 fully saturated rings. The molecule has 2 N–H and O–H groups in total. The van der Waals surface area contributed by atoms with Crippen LogP contribution in [-0.2, 0) is 14.4 Å². The van der Waals surface area contributed by atoms with Gasteiger partial charge in [-0.3, -0.25) is 25.0 Å². The average molecular weight is 199 g/mol. The summed E-state index contributed by atoms with van der Waals surface area (Å²) in [4.78, 5) is 34.4. The Balaban J connectivity index is 2.35. The van der Waals surface area contributed by atoms with Crippen molar-refractivity contribution in [1.29, 1.82) is 0 Å². The SMILES string of the molecule is CN(C)C(=O)CNC1CC(=O)NC1=O. The molecule has 1 aliphatic rings. The second kappa shape index (κ2) is 4.19. The third kappa shape index (κ3) is 2.53. The summed E-state index contributed by atoms with van der Waals surface area (Å²) in [6.07, 6.45) is 0.111. The number of carbonyl (C=O) groups is 3. The number of nitrogens with one attached hydrogen (secondary N) is 2. The zero-order valence-corrected chi connectivity index (χ0v) is 8.16. The van der Waals surface area contributed by atoms with Gasteiger partial charge in [-0.2, -0.15) is 0 Å². The Morgan fingerprint density at radius 1 is 1.57 bits per heavy atom. The molecular weight excluding hydrogens is 186 g/mol. The minimum absolute atomic E-state index is 0.0678. The summed E-state index contributed by atoms with van der Waals surface area (Å²) in [5.41, 5.74) is 0. The molecule has 0 spiro atoms. The summed E-state index contributed by atoms with van der Waals surface area (Å²) in [5.74, 6) is -0.788. The normalized spacial score (nSPS) is 20.9. The van der Waals surface area contributed by atoms with E-state index in [1.165, 1.54) is 4.90 Å². The summed E-state index contributed by atoms with van der Waals surface area (Å²) in [7, 11) is 3.26. The van der Waals surface area contributed by atoms with E-state index in [0.29, 0.717) is 0 Å². The van der Waals surface area contributed by atoms with Crippen molar-refractivity contribution in [2.24, 2.45) is 0 Å². The van der Waals surface area contributed by atoms with Crippen molar-refractivity contribution < 1.29 is 14.4 Å². The molecule has 0 bridgehead atoms.